The molecule has 22 heavy (non-hydrogen) atoms. The maximum atomic E-state index is 11.9. The van der Waals surface area contributed by atoms with Crippen molar-refractivity contribution in [1.82, 2.24) is 15.4 Å². The molecular weight excluding hydrogens is 333 g/mol. The van der Waals surface area contributed by atoms with Crippen LogP contribution in [-0.2, 0) is 4.74 Å². The number of halogens is 2. The molecule has 2 rings (SSSR count). The van der Waals surface area contributed by atoms with Gasteiger partial charge in [0.15, 0.2) is 17.2 Å². The van der Waals surface area contributed by atoms with Gasteiger partial charge in [-0.2, -0.15) is 10.3 Å². The summed E-state index contributed by atoms with van der Waals surface area (Å²) in [6.45, 7) is 1.90. The molecule has 0 bridgehead atoms. The van der Waals surface area contributed by atoms with Gasteiger partial charge in [-0.05, 0) is 6.92 Å². The average Bonchev–Trinajstić information content (AvgIpc) is 2.96. The van der Waals surface area contributed by atoms with Crippen molar-refractivity contribution < 1.29 is 19.0 Å². The molecule has 0 amide bonds. The Hall–Kier alpha value is -1.99. The Bertz CT molecular complexity index is 703. The Balaban J connectivity index is 2.64. The van der Waals surface area contributed by atoms with Crippen molar-refractivity contribution in [2.45, 2.75) is 6.92 Å². The molecule has 0 aliphatic heterocycles. The van der Waals surface area contributed by atoms with Crippen molar-refractivity contribution in [2.24, 2.45) is 0 Å². The Morgan fingerprint density at radius 3 is 2.59 bits per heavy atom. The molecule has 1 aromatic heterocycles. The largest absolute Gasteiger partial charge is 0.493 e. The number of methoxy groups -OCH3 is 2. The third-order valence-corrected chi connectivity index (χ3v) is 3.48. The molecule has 0 saturated heterocycles. The summed E-state index contributed by atoms with van der Waals surface area (Å²) in [5.41, 5.74) is 0.463. The number of carbonyl (C=O) groups excluding carboxylic acids is 1. The van der Waals surface area contributed by atoms with Gasteiger partial charge in [0.25, 0.3) is 0 Å². The highest BCUT2D eigenvalue weighted by Gasteiger charge is 2.26. The number of rotatable bonds is 5. The van der Waals surface area contributed by atoms with Gasteiger partial charge in [-0.15, -0.1) is 5.10 Å². The second-order valence-electron chi connectivity index (χ2n) is 4.02. The Labute approximate surface area is 136 Å². The fraction of sp³-hybridized carbons (Fsp3) is 0.308. The molecular formula is C13H13Cl2N3O4. The van der Waals surface area contributed by atoms with Crippen LogP contribution in [0.1, 0.15) is 17.4 Å². The first kappa shape index (κ1) is 16.4. The van der Waals surface area contributed by atoms with E-state index in [2.05, 4.69) is 15.4 Å². The zero-order valence-electron chi connectivity index (χ0n) is 12.1. The van der Waals surface area contributed by atoms with Gasteiger partial charge in [0.2, 0.25) is 0 Å². The topological polar surface area (TPSA) is 86.3 Å². The van der Waals surface area contributed by atoms with Crippen LogP contribution in [0.15, 0.2) is 6.07 Å². The van der Waals surface area contributed by atoms with Crippen molar-refractivity contribution in [3.8, 4) is 22.8 Å². The van der Waals surface area contributed by atoms with Crippen LogP contribution in [0.3, 0.4) is 0 Å². The molecule has 0 aliphatic carbocycles. The van der Waals surface area contributed by atoms with Gasteiger partial charge >= 0.3 is 5.97 Å². The summed E-state index contributed by atoms with van der Waals surface area (Å²) >= 11 is 12.6. The fourth-order valence-electron chi connectivity index (χ4n) is 1.89. The second kappa shape index (κ2) is 6.85. The van der Waals surface area contributed by atoms with Crippen LogP contribution in [-0.4, -0.2) is 42.2 Å². The highest BCUT2D eigenvalue weighted by atomic mass is 35.5. The van der Waals surface area contributed by atoms with Crippen molar-refractivity contribution in [3.63, 3.8) is 0 Å². The average molecular weight is 346 g/mol. The molecule has 0 atom stereocenters. The molecule has 0 unspecified atom stereocenters. The highest BCUT2D eigenvalue weighted by Crippen LogP contribution is 2.46. The van der Waals surface area contributed by atoms with Gasteiger partial charge in [0.05, 0.1) is 30.9 Å². The van der Waals surface area contributed by atoms with Crippen LogP contribution in [0.4, 0.5) is 0 Å². The minimum Gasteiger partial charge on any atom is -0.493 e. The molecule has 0 spiro atoms. The number of aromatic amines is 1. The van der Waals surface area contributed by atoms with E-state index in [0.29, 0.717) is 11.3 Å². The third kappa shape index (κ3) is 2.82. The van der Waals surface area contributed by atoms with Crippen LogP contribution in [0.25, 0.3) is 11.3 Å². The highest BCUT2D eigenvalue weighted by molar-refractivity contribution is 6.40. The van der Waals surface area contributed by atoms with E-state index in [1.165, 1.54) is 20.3 Å². The van der Waals surface area contributed by atoms with Crippen molar-refractivity contribution in [3.05, 3.63) is 21.8 Å². The minimum atomic E-state index is -0.631. The Morgan fingerprint density at radius 1 is 1.27 bits per heavy atom. The predicted molar refractivity (Wildman–Crippen MR) is 80.9 cm³/mol. The summed E-state index contributed by atoms with van der Waals surface area (Å²) in [6, 6.07) is 1.52. The number of hydrogen-bond acceptors (Lipinski definition) is 6. The van der Waals surface area contributed by atoms with Crippen molar-refractivity contribution in [1.29, 1.82) is 0 Å². The van der Waals surface area contributed by atoms with E-state index in [0.717, 1.165) is 0 Å². The first-order chi connectivity index (χ1) is 10.5. The van der Waals surface area contributed by atoms with E-state index >= 15 is 0 Å². The number of nitrogens with zero attached hydrogens (tertiary/aromatic N) is 2. The normalized spacial score (nSPS) is 10.4. The molecule has 9 heteroatoms. The van der Waals surface area contributed by atoms with E-state index in [-0.39, 0.29) is 33.8 Å². The van der Waals surface area contributed by atoms with Crippen LogP contribution < -0.4 is 9.47 Å². The van der Waals surface area contributed by atoms with E-state index in [1.807, 2.05) is 0 Å². The van der Waals surface area contributed by atoms with Gasteiger partial charge in [-0.3, -0.25) is 0 Å². The number of hydrogen-bond donors (Lipinski definition) is 1. The molecule has 1 aromatic carbocycles. The van der Waals surface area contributed by atoms with E-state index in [9.17, 15) is 4.79 Å². The number of carbonyl (C=O) groups is 1. The van der Waals surface area contributed by atoms with Gasteiger partial charge < -0.3 is 14.2 Å². The number of ether oxygens (including phenoxy) is 3. The zero-order chi connectivity index (χ0) is 16.3. The summed E-state index contributed by atoms with van der Waals surface area (Å²) in [5.74, 6) is 0.0111. The first-order valence-corrected chi connectivity index (χ1v) is 6.98. The fourth-order valence-corrected chi connectivity index (χ4v) is 2.58. The summed E-state index contributed by atoms with van der Waals surface area (Å²) in [7, 11) is 2.90. The lowest BCUT2D eigenvalue weighted by molar-refractivity contribution is 0.0520. The molecule has 2 aromatic rings. The third-order valence-electron chi connectivity index (χ3n) is 2.82. The van der Waals surface area contributed by atoms with Gasteiger partial charge in [0.1, 0.15) is 5.69 Å². The first-order valence-electron chi connectivity index (χ1n) is 6.23. The Kier molecular flexibility index (Phi) is 5.10. The molecule has 1 N–H and O–H groups in total. The van der Waals surface area contributed by atoms with Crippen LogP contribution in [0.5, 0.6) is 11.5 Å². The van der Waals surface area contributed by atoms with Crippen LogP contribution in [0.2, 0.25) is 10.0 Å². The molecule has 118 valence electrons. The maximum absolute atomic E-state index is 11.9. The summed E-state index contributed by atoms with van der Waals surface area (Å²) in [5, 5.41) is 10.5. The van der Waals surface area contributed by atoms with Crippen molar-refractivity contribution in [2.75, 3.05) is 20.8 Å². The SMILES string of the molecule is CCOC(=O)c1n[nH]nc1-c1c(Cl)cc(OC)c(OC)c1Cl. The van der Waals surface area contributed by atoms with Gasteiger partial charge in [-0.25, -0.2) is 4.79 Å². The minimum absolute atomic E-state index is 0.0159. The lowest BCUT2D eigenvalue weighted by Gasteiger charge is -2.13. The summed E-state index contributed by atoms with van der Waals surface area (Å²) < 4.78 is 15.3. The van der Waals surface area contributed by atoms with Crippen LogP contribution in [0, 0.1) is 0 Å². The van der Waals surface area contributed by atoms with E-state index in [4.69, 9.17) is 37.4 Å². The number of benzene rings is 1. The maximum Gasteiger partial charge on any atom is 0.361 e. The van der Waals surface area contributed by atoms with Gasteiger partial charge in [0, 0.05) is 11.6 Å². The summed E-state index contributed by atoms with van der Waals surface area (Å²) in [4.78, 5) is 11.9. The van der Waals surface area contributed by atoms with E-state index < -0.39 is 5.97 Å². The number of esters is 1. The standard InChI is InChI=1S/C13H13Cl2N3O4/c1-4-22-13(19)11-10(16-18-17-11)8-6(14)5-7(20-2)12(21-3)9(8)15/h5H,4H2,1-3H3,(H,16,17,18). The van der Waals surface area contributed by atoms with Gasteiger partial charge in [-0.1, -0.05) is 23.2 Å². The molecule has 0 radical (unpaired) electrons. The summed E-state index contributed by atoms with van der Waals surface area (Å²) in [6.07, 6.45) is 0. The lowest BCUT2D eigenvalue weighted by Crippen LogP contribution is -2.07. The zero-order valence-corrected chi connectivity index (χ0v) is 13.6. The van der Waals surface area contributed by atoms with Crippen LogP contribution >= 0.6 is 23.2 Å². The predicted octanol–water partition coefficient (Wildman–Crippen LogP) is 2.97. The second-order valence-corrected chi connectivity index (χ2v) is 4.81. The van der Waals surface area contributed by atoms with Crippen molar-refractivity contribution >= 4 is 29.2 Å². The quantitative estimate of drug-likeness (QED) is 0.838. The molecule has 0 saturated carbocycles. The number of nitrogens with one attached hydrogen (secondary N) is 1. The van der Waals surface area contributed by atoms with E-state index in [1.54, 1.807) is 6.92 Å². The lowest BCUT2D eigenvalue weighted by atomic mass is 10.1. The smallest absolute Gasteiger partial charge is 0.361 e. The Morgan fingerprint density at radius 2 is 2.00 bits per heavy atom. The number of aromatic nitrogens is 3. The molecule has 7 nitrogen and oxygen atoms in total. The molecule has 1 heterocycles. The monoisotopic (exact) mass is 345 g/mol. The number of H-pyrrole nitrogens is 1. The molecule has 0 aliphatic rings. The molecule has 0 fully saturated rings.